The van der Waals surface area contributed by atoms with E-state index < -0.39 is 10.0 Å². The molecule has 2 saturated heterocycles. The molecule has 3 atom stereocenters. The lowest BCUT2D eigenvalue weighted by Crippen LogP contribution is -2.50. The molecule has 2 aliphatic heterocycles. The van der Waals surface area contributed by atoms with Crippen LogP contribution in [-0.4, -0.2) is 72.0 Å². The molecule has 3 aromatic rings. The number of carbonyl (C=O) groups excluding carboxylic acids is 1. The first-order valence-electron chi connectivity index (χ1n) is 13.1. The molecule has 2 fully saturated rings. The average Bonchev–Trinajstić information content (AvgIpc) is 3.54. The normalized spacial score (nSPS) is 20.7. The minimum atomic E-state index is -3.59. The third kappa shape index (κ3) is 6.46. The Balaban J connectivity index is 1.42. The van der Waals surface area contributed by atoms with Gasteiger partial charge in [-0.3, -0.25) is 14.8 Å². The summed E-state index contributed by atoms with van der Waals surface area (Å²) in [4.78, 5) is 22.8. The molecule has 5 rings (SSSR count). The van der Waals surface area contributed by atoms with Crippen molar-refractivity contribution in [1.82, 2.24) is 28.3 Å². The molecule has 0 spiro atoms. The summed E-state index contributed by atoms with van der Waals surface area (Å²) < 4.78 is 31.1. The zero-order valence-corrected chi connectivity index (χ0v) is 26.0. The fraction of sp³-hybridized carbons (Fsp3) is 0.480. The Bertz CT molecular complexity index is 1520. The molecule has 0 aliphatic carbocycles. The van der Waals surface area contributed by atoms with Crippen LogP contribution in [0.1, 0.15) is 53.3 Å². The maximum absolute atomic E-state index is 13.8. The smallest absolute Gasteiger partial charge is 0.256 e. The highest BCUT2D eigenvalue weighted by molar-refractivity contribution is 14.1. The van der Waals surface area contributed by atoms with E-state index in [0.717, 1.165) is 62.1 Å². The van der Waals surface area contributed by atoms with Crippen LogP contribution in [0.15, 0.2) is 30.5 Å². The Hall–Kier alpha value is -2.24. The van der Waals surface area contributed by atoms with Gasteiger partial charge in [-0.05, 0) is 50.8 Å². The van der Waals surface area contributed by atoms with Crippen LogP contribution in [0, 0.1) is 6.92 Å². The second-order valence-electron chi connectivity index (χ2n) is 10.4. The van der Waals surface area contributed by atoms with Gasteiger partial charge in [-0.15, -0.1) is 0 Å². The van der Waals surface area contributed by atoms with Crippen molar-refractivity contribution in [3.05, 3.63) is 52.3 Å². The number of amides is 1. The fourth-order valence-corrected chi connectivity index (χ4v) is 6.42. The topological polar surface area (TPSA) is 150 Å². The van der Waals surface area contributed by atoms with E-state index in [0.29, 0.717) is 17.2 Å². The predicted molar refractivity (Wildman–Crippen MR) is 164 cm³/mol. The van der Waals surface area contributed by atoms with Gasteiger partial charge >= 0.3 is 0 Å². The van der Waals surface area contributed by atoms with Gasteiger partial charge in [0.15, 0.2) is 5.65 Å². The Morgan fingerprint density at radius 3 is 2.77 bits per heavy atom. The van der Waals surface area contributed by atoms with E-state index in [1.165, 1.54) is 12.1 Å². The molecule has 0 radical (unpaired) electrons. The van der Waals surface area contributed by atoms with Gasteiger partial charge in [-0.25, -0.2) is 21.4 Å². The predicted octanol–water partition coefficient (Wildman–Crippen LogP) is 2.78. The summed E-state index contributed by atoms with van der Waals surface area (Å²) in [6.07, 6.45) is 6.23. The zero-order valence-electron chi connectivity index (χ0n) is 22.3. The van der Waals surface area contributed by atoms with Crippen LogP contribution >= 0.6 is 34.5 Å². The summed E-state index contributed by atoms with van der Waals surface area (Å²) >= 11 is 8.25. The minimum Gasteiger partial charge on any atom is -0.355 e. The largest absolute Gasteiger partial charge is 0.355 e. The lowest BCUT2D eigenvalue weighted by Gasteiger charge is -2.35. The molecule has 2 aliphatic rings. The molecule has 40 heavy (non-hydrogen) atoms. The molecule has 4 heterocycles. The summed E-state index contributed by atoms with van der Waals surface area (Å²) in [7, 11) is -3.59. The molecule has 1 aromatic carbocycles. The third-order valence-electron chi connectivity index (χ3n) is 7.26. The molecule has 3 unspecified atom stereocenters. The van der Waals surface area contributed by atoms with Crippen molar-refractivity contribution >= 4 is 67.5 Å². The van der Waals surface area contributed by atoms with Crippen molar-refractivity contribution < 1.29 is 13.2 Å². The molecule has 1 amide bonds. The van der Waals surface area contributed by atoms with E-state index in [9.17, 15) is 13.2 Å². The number of fused-ring (bicyclic) bond motifs is 1. The Labute approximate surface area is 252 Å². The van der Waals surface area contributed by atoms with Crippen LogP contribution in [-0.2, 0) is 10.0 Å². The van der Waals surface area contributed by atoms with Crippen LogP contribution in [0.25, 0.3) is 5.65 Å². The number of hydrogen-bond donors (Lipinski definition) is 4. The third-order valence-corrected chi connectivity index (χ3v) is 8.75. The number of hydrogen-bond acceptors (Lipinski definition) is 9. The van der Waals surface area contributed by atoms with Gasteiger partial charge in [-0.1, -0.05) is 11.6 Å². The quantitative estimate of drug-likeness (QED) is 0.158. The van der Waals surface area contributed by atoms with Crippen molar-refractivity contribution in [2.75, 3.05) is 35.5 Å². The molecule has 15 heteroatoms. The van der Waals surface area contributed by atoms with Crippen molar-refractivity contribution in [1.29, 1.82) is 0 Å². The van der Waals surface area contributed by atoms with Crippen LogP contribution in [0.4, 0.5) is 11.5 Å². The number of benzene rings is 1. The van der Waals surface area contributed by atoms with E-state index in [1.807, 2.05) is 42.1 Å². The first-order chi connectivity index (χ1) is 19.0. The number of halogens is 2. The Morgan fingerprint density at radius 1 is 1.23 bits per heavy atom. The van der Waals surface area contributed by atoms with Crippen molar-refractivity contribution in [3.8, 4) is 0 Å². The number of anilines is 2. The summed E-state index contributed by atoms with van der Waals surface area (Å²) in [5.74, 6) is 0.612. The number of aryl methyl sites for hydroxylation is 1. The average molecular weight is 702 g/mol. The number of carbonyl (C=O) groups is 1. The maximum atomic E-state index is 13.8. The van der Waals surface area contributed by atoms with Crippen LogP contribution < -0.4 is 24.2 Å². The highest BCUT2D eigenvalue weighted by Crippen LogP contribution is 2.34. The number of rotatable bonds is 8. The number of likely N-dealkylation sites (tertiary alicyclic amines) is 1. The van der Waals surface area contributed by atoms with Crippen molar-refractivity contribution in [2.45, 2.75) is 51.0 Å². The number of nitrogens with one attached hydrogen (secondary N) is 3. The van der Waals surface area contributed by atoms with Gasteiger partial charge < -0.3 is 15.5 Å². The zero-order chi connectivity index (χ0) is 28.6. The second kappa shape index (κ2) is 11.9. The van der Waals surface area contributed by atoms with E-state index in [-0.39, 0.29) is 35.5 Å². The van der Waals surface area contributed by atoms with E-state index in [4.69, 9.17) is 27.4 Å². The molecular weight excluding hydrogens is 669 g/mol. The summed E-state index contributed by atoms with van der Waals surface area (Å²) in [6.45, 7) is 4.21. The molecule has 5 N–H and O–H groups in total. The highest BCUT2D eigenvalue weighted by atomic mass is 127. The Morgan fingerprint density at radius 2 is 2.02 bits per heavy atom. The second-order valence-corrected chi connectivity index (χ2v) is 13.2. The van der Waals surface area contributed by atoms with Gasteiger partial charge in [0.2, 0.25) is 10.0 Å². The molecule has 0 saturated carbocycles. The SMILES string of the molecule is Cc1cn2nc(C3CCCCN3C(=O)c3cc(Cl)ccc3NS(C)(=O)=O)cc2nc1N1CCC(NC(N)NI)C1. The number of aromatic nitrogens is 3. The minimum absolute atomic E-state index is 0.201. The lowest BCUT2D eigenvalue weighted by atomic mass is 9.98. The van der Waals surface area contributed by atoms with E-state index in [2.05, 4.69) is 18.5 Å². The summed E-state index contributed by atoms with van der Waals surface area (Å²) in [5.41, 5.74) is 8.85. The number of nitrogens with two attached hydrogens (primary N) is 1. The van der Waals surface area contributed by atoms with Gasteiger partial charge in [0.25, 0.3) is 5.91 Å². The maximum Gasteiger partial charge on any atom is 0.256 e. The van der Waals surface area contributed by atoms with Crippen LogP contribution in [0.3, 0.4) is 0 Å². The lowest BCUT2D eigenvalue weighted by molar-refractivity contribution is 0.0607. The van der Waals surface area contributed by atoms with Crippen LogP contribution in [0.5, 0.6) is 0 Å². The highest BCUT2D eigenvalue weighted by Gasteiger charge is 2.33. The van der Waals surface area contributed by atoms with Crippen molar-refractivity contribution in [2.24, 2.45) is 5.73 Å². The molecular formula is C25H33ClIN9O3S. The van der Waals surface area contributed by atoms with Crippen molar-refractivity contribution in [3.63, 3.8) is 0 Å². The molecule has 216 valence electrons. The summed E-state index contributed by atoms with van der Waals surface area (Å²) in [6, 6.07) is 6.49. The van der Waals surface area contributed by atoms with Gasteiger partial charge in [0.05, 0.1) is 29.2 Å². The molecule has 2 aromatic heterocycles. The molecule has 12 nitrogen and oxygen atoms in total. The van der Waals surface area contributed by atoms with E-state index in [1.54, 1.807) is 15.5 Å². The van der Waals surface area contributed by atoms with E-state index >= 15 is 0 Å². The van der Waals surface area contributed by atoms with Crippen LogP contribution in [0.2, 0.25) is 5.02 Å². The first kappa shape index (κ1) is 29.3. The molecule has 0 bridgehead atoms. The standard InChI is InChI=1S/C25H33ClIN9O3S/c1-15-13-36-22(30-23(15)34-10-8-17(14-34)29-25(28)31-27)12-20(32-36)21-5-3-4-9-35(21)24(37)18-11-16(26)6-7-19(18)33-40(2,38)39/h6-7,11-13,17,21,25,29,31,33H,3-5,8-10,14,28H2,1-2H3. The first-order valence-corrected chi connectivity index (χ1v) is 16.4. The van der Waals surface area contributed by atoms with Gasteiger partial charge in [0, 0.05) is 71.4 Å². The van der Waals surface area contributed by atoms with Gasteiger partial charge in [0.1, 0.15) is 12.1 Å². The number of nitrogens with zero attached hydrogens (tertiary/aromatic N) is 5. The summed E-state index contributed by atoms with van der Waals surface area (Å²) in [5, 5.41) is 8.54. The number of piperidine rings is 1. The fourth-order valence-electron chi connectivity index (χ4n) is 5.50. The van der Waals surface area contributed by atoms with Gasteiger partial charge in [-0.2, -0.15) is 5.10 Å². The number of sulfonamides is 1. The monoisotopic (exact) mass is 701 g/mol. The Kier molecular flexibility index (Phi) is 8.73.